The smallest absolute Gasteiger partial charge is 0.274 e. The highest BCUT2D eigenvalue weighted by Crippen LogP contribution is 2.12. The maximum absolute atomic E-state index is 11.6. The molecule has 0 aliphatic rings. The first kappa shape index (κ1) is 9.27. The normalized spacial score (nSPS) is 10.4. The third-order valence-electron chi connectivity index (χ3n) is 2.04. The monoisotopic (exact) mass is 252 g/mol. The highest BCUT2D eigenvalue weighted by atomic mass is 79.9. The van der Waals surface area contributed by atoms with Gasteiger partial charge in [-0.15, -0.1) is 0 Å². The molecule has 0 bridgehead atoms. The maximum Gasteiger partial charge on any atom is 0.274 e. The molecule has 0 saturated heterocycles. The molecule has 0 aliphatic carbocycles. The van der Waals surface area contributed by atoms with Crippen molar-refractivity contribution in [3.05, 3.63) is 50.9 Å². The molecule has 0 fully saturated rings. The summed E-state index contributed by atoms with van der Waals surface area (Å²) in [5.74, 6) is 0. The lowest BCUT2D eigenvalue weighted by atomic mass is 10.3. The first-order valence-electron chi connectivity index (χ1n) is 4.21. The van der Waals surface area contributed by atoms with Crippen LogP contribution >= 0.6 is 15.9 Å². The summed E-state index contributed by atoms with van der Waals surface area (Å²) in [5, 5.41) is 2.90. The molecule has 72 valence electrons. The molecule has 0 aliphatic heterocycles. The second-order valence-electron chi connectivity index (χ2n) is 3.07. The average molecular weight is 253 g/mol. The molecule has 1 aromatic carbocycles. The Hall–Kier alpha value is -1.29. The SMILES string of the molecule is Cc1c[nH]n(-c2ccc(Br)cc2)c1=O. The van der Waals surface area contributed by atoms with Crippen LogP contribution in [-0.4, -0.2) is 9.78 Å². The van der Waals surface area contributed by atoms with Gasteiger partial charge in [0.1, 0.15) is 0 Å². The second-order valence-corrected chi connectivity index (χ2v) is 3.99. The molecule has 1 N–H and O–H groups in total. The van der Waals surface area contributed by atoms with E-state index in [2.05, 4.69) is 21.0 Å². The Balaban J connectivity index is 2.55. The molecule has 4 heteroatoms. The van der Waals surface area contributed by atoms with Crippen molar-refractivity contribution in [1.82, 2.24) is 9.78 Å². The zero-order valence-electron chi connectivity index (χ0n) is 7.62. The summed E-state index contributed by atoms with van der Waals surface area (Å²) < 4.78 is 2.51. The molecule has 14 heavy (non-hydrogen) atoms. The second kappa shape index (κ2) is 3.46. The average Bonchev–Trinajstić information content (AvgIpc) is 2.50. The van der Waals surface area contributed by atoms with Crippen molar-refractivity contribution in [3.8, 4) is 5.69 Å². The van der Waals surface area contributed by atoms with E-state index in [0.717, 1.165) is 10.2 Å². The van der Waals surface area contributed by atoms with Crippen LogP contribution in [0.25, 0.3) is 5.69 Å². The van der Waals surface area contributed by atoms with Crippen LogP contribution in [0, 0.1) is 6.92 Å². The summed E-state index contributed by atoms with van der Waals surface area (Å²) in [4.78, 5) is 11.6. The number of rotatable bonds is 1. The van der Waals surface area contributed by atoms with Crippen LogP contribution in [0.3, 0.4) is 0 Å². The first-order chi connectivity index (χ1) is 6.68. The molecule has 1 heterocycles. The van der Waals surface area contributed by atoms with Crippen LogP contribution < -0.4 is 5.56 Å². The van der Waals surface area contributed by atoms with Crippen LogP contribution in [-0.2, 0) is 0 Å². The Bertz CT molecular complexity index is 496. The molecular weight excluding hydrogens is 244 g/mol. The summed E-state index contributed by atoms with van der Waals surface area (Å²) in [5.41, 5.74) is 1.55. The summed E-state index contributed by atoms with van der Waals surface area (Å²) in [6.45, 7) is 1.79. The van der Waals surface area contributed by atoms with E-state index in [1.165, 1.54) is 4.68 Å². The minimum absolute atomic E-state index is 0.00711. The van der Waals surface area contributed by atoms with Gasteiger partial charge in [-0.25, -0.2) is 4.68 Å². The quantitative estimate of drug-likeness (QED) is 0.831. The molecular formula is C10H9BrN2O. The Morgan fingerprint density at radius 3 is 2.43 bits per heavy atom. The lowest BCUT2D eigenvalue weighted by Gasteiger charge is -2.00. The Morgan fingerprint density at radius 2 is 1.93 bits per heavy atom. The van der Waals surface area contributed by atoms with Gasteiger partial charge >= 0.3 is 0 Å². The Labute approximate surface area is 89.5 Å². The van der Waals surface area contributed by atoms with E-state index in [9.17, 15) is 4.79 Å². The zero-order chi connectivity index (χ0) is 10.1. The van der Waals surface area contributed by atoms with Gasteiger partial charge in [0, 0.05) is 16.2 Å². The lowest BCUT2D eigenvalue weighted by Crippen LogP contribution is -2.15. The van der Waals surface area contributed by atoms with Crippen LogP contribution in [0.2, 0.25) is 0 Å². The highest BCUT2D eigenvalue weighted by molar-refractivity contribution is 9.10. The van der Waals surface area contributed by atoms with Gasteiger partial charge in [-0.05, 0) is 31.2 Å². The molecule has 0 unspecified atom stereocenters. The Kier molecular flexibility index (Phi) is 2.29. The summed E-state index contributed by atoms with van der Waals surface area (Å²) in [6.07, 6.45) is 1.70. The fourth-order valence-electron chi connectivity index (χ4n) is 1.24. The first-order valence-corrected chi connectivity index (χ1v) is 5.01. The number of aromatic amines is 1. The van der Waals surface area contributed by atoms with Crippen molar-refractivity contribution < 1.29 is 0 Å². The molecule has 0 atom stereocenters. The van der Waals surface area contributed by atoms with Gasteiger partial charge in [0.25, 0.3) is 5.56 Å². The van der Waals surface area contributed by atoms with Crippen molar-refractivity contribution in [1.29, 1.82) is 0 Å². The van der Waals surface area contributed by atoms with Gasteiger partial charge in [-0.3, -0.25) is 9.89 Å². The molecule has 0 saturated carbocycles. The van der Waals surface area contributed by atoms with E-state index in [1.54, 1.807) is 13.1 Å². The predicted molar refractivity (Wildman–Crippen MR) is 58.8 cm³/mol. The molecule has 0 radical (unpaired) electrons. The van der Waals surface area contributed by atoms with Gasteiger partial charge in [-0.1, -0.05) is 15.9 Å². The summed E-state index contributed by atoms with van der Waals surface area (Å²) in [6, 6.07) is 7.55. The van der Waals surface area contributed by atoms with Crippen LogP contribution in [0.1, 0.15) is 5.56 Å². The van der Waals surface area contributed by atoms with Crippen molar-refractivity contribution in [2.75, 3.05) is 0 Å². The van der Waals surface area contributed by atoms with Crippen LogP contribution in [0.4, 0.5) is 0 Å². The number of H-pyrrole nitrogens is 1. The van der Waals surface area contributed by atoms with Crippen molar-refractivity contribution in [3.63, 3.8) is 0 Å². The fraction of sp³-hybridized carbons (Fsp3) is 0.100. The number of benzene rings is 1. The number of hydrogen-bond acceptors (Lipinski definition) is 1. The number of nitrogens with one attached hydrogen (secondary N) is 1. The number of aryl methyl sites for hydroxylation is 1. The topological polar surface area (TPSA) is 37.8 Å². The minimum atomic E-state index is -0.00711. The Morgan fingerprint density at radius 1 is 1.29 bits per heavy atom. The minimum Gasteiger partial charge on any atom is -0.298 e. The highest BCUT2D eigenvalue weighted by Gasteiger charge is 2.02. The molecule has 1 aromatic heterocycles. The van der Waals surface area contributed by atoms with Crippen molar-refractivity contribution in [2.45, 2.75) is 6.92 Å². The number of hydrogen-bond donors (Lipinski definition) is 1. The molecule has 2 aromatic rings. The van der Waals surface area contributed by atoms with Crippen LogP contribution in [0.5, 0.6) is 0 Å². The molecule has 2 rings (SSSR count). The van der Waals surface area contributed by atoms with Gasteiger partial charge < -0.3 is 0 Å². The number of halogens is 1. The number of aromatic nitrogens is 2. The van der Waals surface area contributed by atoms with Gasteiger partial charge in [-0.2, -0.15) is 0 Å². The van der Waals surface area contributed by atoms with E-state index < -0.39 is 0 Å². The van der Waals surface area contributed by atoms with Gasteiger partial charge in [0.15, 0.2) is 0 Å². The maximum atomic E-state index is 11.6. The largest absolute Gasteiger partial charge is 0.298 e. The van der Waals surface area contributed by atoms with Crippen molar-refractivity contribution >= 4 is 15.9 Å². The van der Waals surface area contributed by atoms with E-state index >= 15 is 0 Å². The number of nitrogens with zero attached hydrogens (tertiary/aromatic N) is 1. The third kappa shape index (κ3) is 1.53. The summed E-state index contributed by atoms with van der Waals surface area (Å²) in [7, 11) is 0. The van der Waals surface area contributed by atoms with Gasteiger partial charge in [0.05, 0.1) is 5.69 Å². The molecule has 0 amide bonds. The van der Waals surface area contributed by atoms with E-state index in [1.807, 2.05) is 24.3 Å². The molecule has 0 spiro atoms. The van der Waals surface area contributed by atoms with E-state index in [4.69, 9.17) is 0 Å². The fourth-order valence-corrected chi connectivity index (χ4v) is 1.50. The van der Waals surface area contributed by atoms with Crippen molar-refractivity contribution in [2.24, 2.45) is 0 Å². The molecule has 3 nitrogen and oxygen atoms in total. The lowest BCUT2D eigenvalue weighted by molar-refractivity contribution is 0.848. The zero-order valence-corrected chi connectivity index (χ0v) is 9.21. The van der Waals surface area contributed by atoms with Gasteiger partial charge in [0.2, 0.25) is 0 Å². The van der Waals surface area contributed by atoms with E-state index in [0.29, 0.717) is 5.56 Å². The van der Waals surface area contributed by atoms with Crippen LogP contribution in [0.15, 0.2) is 39.7 Å². The standard InChI is InChI=1S/C10H9BrN2O/c1-7-6-12-13(10(7)14)9-4-2-8(11)3-5-9/h2-6,12H,1H3. The summed E-state index contributed by atoms with van der Waals surface area (Å²) >= 11 is 3.34. The third-order valence-corrected chi connectivity index (χ3v) is 2.56. The predicted octanol–water partition coefficient (Wildman–Crippen LogP) is 2.24. The van der Waals surface area contributed by atoms with E-state index in [-0.39, 0.29) is 5.56 Å².